The maximum Gasteiger partial charge on any atom is 0.259 e. The van der Waals surface area contributed by atoms with Gasteiger partial charge in [0.2, 0.25) is 5.91 Å². The third-order valence-corrected chi connectivity index (χ3v) is 3.64. The zero-order valence-electron chi connectivity index (χ0n) is 14.4. The molecule has 0 atom stereocenters. The molecule has 0 aliphatic carbocycles. The van der Waals surface area contributed by atoms with Crippen molar-refractivity contribution in [2.45, 2.75) is 6.42 Å². The zero-order chi connectivity index (χ0) is 18.1. The molecule has 132 valence electrons. The minimum absolute atomic E-state index is 0.116. The molecule has 0 aromatic heterocycles. The molecule has 2 rings (SSSR count). The number of rotatable bonds is 8. The van der Waals surface area contributed by atoms with Gasteiger partial charge < -0.3 is 20.1 Å². The van der Waals surface area contributed by atoms with Crippen molar-refractivity contribution in [1.29, 1.82) is 0 Å². The Morgan fingerprint density at radius 1 is 0.880 bits per heavy atom. The molecule has 6 nitrogen and oxygen atoms in total. The molecule has 0 saturated carbocycles. The van der Waals surface area contributed by atoms with Crippen LogP contribution >= 0.6 is 0 Å². The van der Waals surface area contributed by atoms with Crippen LogP contribution in [0, 0.1) is 0 Å². The summed E-state index contributed by atoms with van der Waals surface area (Å²) in [6.45, 7) is 0.394. The van der Waals surface area contributed by atoms with E-state index in [0.29, 0.717) is 18.0 Å². The standard InChI is InChI=1S/C19H22N2O4/c1-24-15-9-6-10-16(25-2)18(15)19(23)21-13-17(22)20-12-11-14-7-4-3-5-8-14/h3-10H,11-13H2,1-2H3,(H,20,22)(H,21,23). The summed E-state index contributed by atoms with van der Waals surface area (Å²) >= 11 is 0. The fourth-order valence-electron chi connectivity index (χ4n) is 2.38. The number of hydrogen-bond donors (Lipinski definition) is 2. The van der Waals surface area contributed by atoms with Gasteiger partial charge in [0, 0.05) is 6.54 Å². The molecule has 2 N–H and O–H groups in total. The SMILES string of the molecule is COc1cccc(OC)c1C(=O)NCC(=O)NCCc1ccccc1. The van der Waals surface area contributed by atoms with E-state index in [1.165, 1.54) is 14.2 Å². The van der Waals surface area contributed by atoms with Crippen molar-refractivity contribution in [2.24, 2.45) is 0 Å². The largest absolute Gasteiger partial charge is 0.496 e. The Labute approximate surface area is 147 Å². The number of methoxy groups -OCH3 is 2. The average Bonchev–Trinajstić information content (AvgIpc) is 2.66. The molecule has 25 heavy (non-hydrogen) atoms. The summed E-state index contributed by atoms with van der Waals surface area (Å²) in [5.74, 6) is 0.105. The number of hydrogen-bond acceptors (Lipinski definition) is 4. The summed E-state index contributed by atoms with van der Waals surface area (Å²) in [6.07, 6.45) is 0.737. The normalized spacial score (nSPS) is 10.0. The van der Waals surface area contributed by atoms with Crippen molar-refractivity contribution in [2.75, 3.05) is 27.3 Å². The zero-order valence-corrected chi connectivity index (χ0v) is 14.4. The number of nitrogens with one attached hydrogen (secondary N) is 2. The maximum atomic E-state index is 12.4. The second-order valence-electron chi connectivity index (χ2n) is 5.31. The second-order valence-corrected chi connectivity index (χ2v) is 5.31. The van der Waals surface area contributed by atoms with Crippen molar-refractivity contribution in [1.82, 2.24) is 10.6 Å². The molecular weight excluding hydrogens is 320 g/mol. The highest BCUT2D eigenvalue weighted by Crippen LogP contribution is 2.27. The Morgan fingerprint density at radius 2 is 1.52 bits per heavy atom. The van der Waals surface area contributed by atoms with Gasteiger partial charge in [-0.2, -0.15) is 0 Å². The van der Waals surface area contributed by atoms with Crippen LogP contribution in [0.3, 0.4) is 0 Å². The number of carbonyl (C=O) groups is 2. The highest BCUT2D eigenvalue weighted by molar-refractivity contribution is 6.01. The van der Waals surface area contributed by atoms with Crippen LogP contribution in [0.15, 0.2) is 48.5 Å². The van der Waals surface area contributed by atoms with Gasteiger partial charge in [-0.25, -0.2) is 0 Å². The molecule has 0 aliphatic rings. The van der Waals surface area contributed by atoms with E-state index in [9.17, 15) is 9.59 Å². The molecular formula is C19H22N2O4. The smallest absolute Gasteiger partial charge is 0.259 e. The van der Waals surface area contributed by atoms with Crippen LogP contribution in [0.25, 0.3) is 0 Å². The molecule has 0 aliphatic heterocycles. The van der Waals surface area contributed by atoms with Crippen LogP contribution in [0.2, 0.25) is 0 Å². The highest BCUT2D eigenvalue weighted by atomic mass is 16.5. The molecule has 6 heteroatoms. The van der Waals surface area contributed by atoms with E-state index in [-0.39, 0.29) is 18.0 Å². The first kappa shape index (κ1) is 18.3. The fraction of sp³-hybridized carbons (Fsp3) is 0.263. The summed E-state index contributed by atoms with van der Waals surface area (Å²) in [4.78, 5) is 24.2. The highest BCUT2D eigenvalue weighted by Gasteiger charge is 2.18. The van der Waals surface area contributed by atoms with Crippen molar-refractivity contribution in [3.63, 3.8) is 0 Å². The third-order valence-electron chi connectivity index (χ3n) is 3.64. The van der Waals surface area contributed by atoms with E-state index in [1.54, 1.807) is 18.2 Å². The van der Waals surface area contributed by atoms with Gasteiger partial charge in [0.05, 0.1) is 20.8 Å². The van der Waals surface area contributed by atoms with E-state index < -0.39 is 5.91 Å². The molecule has 0 radical (unpaired) electrons. The predicted molar refractivity (Wildman–Crippen MR) is 95.0 cm³/mol. The Morgan fingerprint density at radius 3 is 2.12 bits per heavy atom. The Hall–Kier alpha value is -3.02. The van der Waals surface area contributed by atoms with Gasteiger partial charge in [0.25, 0.3) is 5.91 Å². The molecule has 2 aromatic carbocycles. The molecule has 0 unspecified atom stereocenters. The van der Waals surface area contributed by atoms with Crippen LogP contribution < -0.4 is 20.1 Å². The lowest BCUT2D eigenvalue weighted by Gasteiger charge is -2.13. The fourth-order valence-corrected chi connectivity index (χ4v) is 2.38. The molecule has 2 amide bonds. The van der Waals surface area contributed by atoms with E-state index >= 15 is 0 Å². The van der Waals surface area contributed by atoms with Crippen molar-refractivity contribution in [3.8, 4) is 11.5 Å². The first-order valence-electron chi connectivity index (χ1n) is 7.95. The van der Waals surface area contributed by atoms with Crippen LogP contribution in [0.4, 0.5) is 0 Å². The van der Waals surface area contributed by atoms with Gasteiger partial charge >= 0.3 is 0 Å². The minimum atomic E-state index is -0.424. The lowest BCUT2D eigenvalue weighted by atomic mass is 10.1. The lowest BCUT2D eigenvalue weighted by Crippen LogP contribution is -2.37. The quantitative estimate of drug-likeness (QED) is 0.767. The van der Waals surface area contributed by atoms with Crippen molar-refractivity contribution < 1.29 is 19.1 Å². The Balaban J connectivity index is 1.84. The topological polar surface area (TPSA) is 76.7 Å². The minimum Gasteiger partial charge on any atom is -0.496 e. The molecule has 0 bridgehead atoms. The number of carbonyl (C=O) groups excluding carboxylic acids is 2. The molecule has 0 spiro atoms. The Kier molecular flexibility index (Phi) is 6.83. The molecule has 0 heterocycles. The van der Waals surface area contributed by atoms with Gasteiger partial charge in [-0.05, 0) is 24.1 Å². The summed E-state index contributed by atoms with van der Waals surface area (Å²) in [5.41, 5.74) is 1.41. The third kappa shape index (κ3) is 5.24. The van der Waals surface area contributed by atoms with Gasteiger partial charge in [-0.15, -0.1) is 0 Å². The first-order chi connectivity index (χ1) is 12.2. The predicted octanol–water partition coefficient (Wildman–Crippen LogP) is 1.79. The van der Waals surface area contributed by atoms with Gasteiger partial charge in [-0.1, -0.05) is 36.4 Å². The van der Waals surface area contributed by atoms with Crippen molar-refractivity contribution >= 4 is 11.8 Å². The van der Waals surface area contributed by atoms with Crippen LogP contribution in [-0.4, -0.2) is 39.1 Å². The molecule has 0 saturated heterocycles. The summed E-state index contributed by atoms with van der Waals surface area (Å²) in [6, 6.07) is 14.9. The van der Waals surface area contributed by atoms with E-state index in [0.717, 1.165) is 12.0 Å². The summed E-state index contributed by atoms with van der Waals surface area (Å²) < 4.78 is 10.4. The summed E-state index contributed by atoms with van der Waals surface area (Å²) in [5, 5.41) is 5.36. The Bertz CT molecular complexity index is 694. The first-order valence-corrected chi connectivity index (χ1v) is 7.95. The van der Waals surface area contributed by atoms with Crippen LogP contribution in [-0.2, 0) is 11.2 Å². The monoisotopic (exact) mass is 342 g/mol. The van der Waals surface area contributed by atoms with Gasteiger partial charge in [-0.3, -0.25) is 9.59 Å². The van der Waals surface area contributed by atoms with Gasteiger partial charge in [0.15, 0.2) is 0 Å². The van der Waals surface area contributed by atoms with Crippen LogP contribution in [0.5, 0.6) is 11.5 Å². The van der Waals surface area contributed by atoms with Gasteiger partial charge in [0.1, 0.15) is 17.1 Å². The number of benzene rings is 2. The number of amides is 2. The number of ether oxygens (including phenoxy) is 2. The molecule has 2 aromatic rings. The van der Waals surface area contributed by atoms with Crippen LogP contribution in [0.1, 0.15) is 15.9 Å². The van der Waals surface area contributed by atoms with Crippen molar-refractivity contribution in [3.05, 3.63) is 59.7 Å². The second kappa shape index (κ2) is 9.32. The summed E-state index contributed by atoms with van der Waals surface area (Å²) in [7, 11) is 2.95. The van der Waals surface area contributed by atoms with E-state index in [2.05, 4.69) is 10.6 Å². The maximum absolute atomic E-state index is 12.4. The van der Waals surface area contributed by atoms with E-state index in [4.69, 9.17) is 9.47 Å². The lowest BCUT2D eigenvalue weighted by molar-refractivity contribution is -0.120. The molecule has 0 fully saturated rings. The van der Waals surface area contributed by atoms with E-state index in [1.807, 2.05) is 30.3 Å². The average molecular weight is 342 g/mol.